The van der Waals surface area contributed by atoms with Gasteiger partial charge in [-0.25, -0.2) is 0 Å². The van der Waals surface area contributed by atoms with E-state index < -0.39 is 0 Å². The summed E-state index contributed by atoms with van der Waals surface area (Å²) in [5.74, 6) is 2.39. The molecule has 4 rings (SSSR count). The Balaban J connectivity index is 1.35. The molecule has 2 aromatic carbocycles. The fourth-order valence-electron chi connectivity index (χ4n) is 3.09. The van der Waals surface area contributed by atoms with Gasteiger partial charge >= 0.3 is 0 Å². The number of carbonyl (C=O) groups excluding carboxylic acids is 1. The Morgan fingerprint density at radius 1 is 0.969 bits per heavy atom. The molecule has 0 aliphatic rings. The highest BCUT2D eigenvalue weighted by Crippen LogP contribution is 2.25. The number of pyridine rings is 1. The highest BCUT2D eigenvalue weighted by molar-refractivity contribution is 7.99. The molecule has 0 aliphatic carbocycles. The lowest BCUT2D eigenvalue weighted by Gasteiger charge is -2.09. The van der Waals surface area contributed by atoms with E-state index in [1.165, 1.54) is 11.8 Å². The molecule has 0 radical (unpaired) electrons. The van der Waals surface area contributed by atoms with E-state index in [1.54, 1.807) is 12.4 Å². The molecule has 0 bridgehead atoms. The highest BCUT2D eigenvalue weighted by Gasteiger charge is 2.15. The van der Waals surface area contributed by atoms with Crippen LogP contribution in [0.2, 0.25) is 0 Å². The number of nitrogens with one attached hydrogen (secondary N) is 1. The second-order valence-electron chi connectivity index (χ2n) is 6.97. The molecule has 0 atom stereocenters. The van der Waals surface area contributed by atoms with Gasteiger partial charge in [-0.1, -0.05) is 36.9 Å². The molecule has 0 spiro atoms. The second-order valence-corrected chi connectivity index (χ2v) is 7.91. The largest absolute Gasteiger partial charge is 0.457 e. The molecule has 0 fully saturated rings. The van der Waals surface area contributed by atoms with Crippen LogP contribution in [0.3, 0.4) is 0 Å². The van der Waals surface area contributed by atoms with Gasteiger partial charge in [-0.3, -0.25) is 9.78 Å². The number of nitrogens with zero attached hydrogens (tertiary/aromatic N) is 4. The van der Waals surface area contributed by atoms with E-state index in [9.17, 15) is 4.79 Å². The van der Waals surface area contributed by atoms with Crippen LogP contribution in [0.5, 0.6) is 11.5 Å². The summed E-state index contributed by atoms with van der Waals surface area (Å²) >= 11 is 1.37. The van der Waals surface area contributed by atoms with Crippen molar-refractivity contribution in [1.82, 2.24) is 19.7 Å². The number of para-hydroxylation sites is 1. The molecule has 2 heterocycles. The molecular weight excluding hydrogens is 422 g/mol. The molecule has 0 unspecified atom stereocenters. The Bertz CT molecular complexity index is 1150. The first kappa shape index (κ1) is 21.6. The molecule has 1 N–H and O–H groups in total. The zero-order valence-corrected chi connectivity index (χ0v) is 18.5. The number of benzene rings is 2. The number of aromatic nitrogens is 4. The number of hydrogen-bond donors (Lipinski definition) is 1. The van der Waals surface area contributed by atoms with Gasteiger partial charge in [0.1, 0.15) is 11.5 Å². The first-order valence-electron chi connectivity index (χ1n) is 10.3. The van der Waals surface area contributed by atoms with Crippen molar-refractivity contribution in [3.05, 3.63) is 79.1 Å². The summed E-state index contributed by atoms with van der Waals surface area (Å²) < 4.78 is 7.82. The highest BCUT2D eigenvalue weighted by atomic mass is 32.2. The van der Waals surface area contributed by atoms with Crippen molar-refractivity contribution in [3.63, 3.8) is 0 Å². The predicted octanol–water partition coefficient (Wildman–Crippen LogP) is 5.27. The average molecular weight is 446 g/mol. The van der Waals surface area contributed by atoms with E-state index in [1.807, 2.05) is 71.3 Å². The van der Waals surface area contributed by atoms with Crippen LogP contribution >= 0.6 is 11.8 Å². The summed E-state index contributed by atoms with van der Waals surface area (Å²) in [6.07, 6.45) is 4.40. The quantitative estimate of drug-likeness (QED) is 0.353. The topological polar surface area (TPSA) is 81.9 Å². The molecule has 0 aliphatic heterocycles. The van der Waals surface area contributed by atoms with Gasteiger partial charge in [0.05, 0.1) is 5.75 Å². The van der Waals surface area contributed by atoms with Gasteiger partial charge in [0.2, 0.25) is 5.91 Å². The SMILES string of the molecule is CCCn1c(SCC(=O)Nc2ccc(Oc3ccccc3)cc2)nnc1-c1ccncc1. The van der Waals surface area contributed by atoms with Gasteiger partial charge in [-0.15, -0.1) is 10.2 Å². The Hall–Kier alpha value is -3.65. The minimum Gasteiger partial charge on any atom is -0.457 e. The van der Waals surface area contributed by atoms with E-state index in [0.29, 0.717) is 11.4 Å². The zero-order valence-electron chi connectivity index (χ0n) is 17.6. The maximum atomic E-state index is 12.5. The summed E-state index contributed by atoms with van der Waals surface area (Å²) in [6, 6.07) is 20.7. The van der Waals surface area contributed by atoms with Crippen molar-refractivity contribution in [3.8, 4) is 22.9 Å². The number of carbonyl (C=O) groups is 1. The molecule has 0 saturated carbocycles. The van der Waals surface area contributed by atoms with Gasteiger partial charge < -0.3 is 14.6 Å². The van der Waals surface area contributed by atoms with Gasteiger partial charge in [-0.2, -0.15) is 0 Å². The van der Waals surface area contributed by atoms with Crippen molar-refractivity contribution in [1.29, 1.82) is 0 Å². The van der Waals surface area contributed by atoms with Gasteiger partial charge in [0.25, 0.3) is 0 Å². The van der Waals surface area contributed by atoms with Crippen molar-refractivity contribution in [2.45, 2.75) is 25.0 Å². The van der Waals surface area contributed by atoms with E-state index in [4.69, 9.17) is 4.74 Å². The Morgan fingerprint density at radius 2 is 1.69 bits per heavy atom. The minimum atomic E-state index is -0.108. The minimum absolute atomic E-state index is 0.108. The van der Waals surface area contributed by atoms with Crippen molar-refractivity contribution < 1.29 is 9.53 Å². The van der Waals surface area contributed by atoms with Crippen LogP contribution in [0.1, 0.15) is 13.3 Å². The molecule has 4 aromatic rings. The number of hydrogen-bond acceptors (Lipinski definition) is 6. The second kappa shape index (κ2) is 10.6. The third kappa shape index (κ3) is 5.53. The Morgan fingerprint density at radius 3 is 2.41 bits per heavy atom. The van der Waals surface area contributed by atoms with Crippen LogP contribution in [-0.2, 0) is 11.3 Å². The predicted molar refractivity (Wildman–Crippen MR) is 126 cm³/mol. The number of rotatable bonds is 9. The normalized spacial score (nSPS) is 10.7. The molecule has 7 nitrogen and oxygen atoms in total. The Kier molecular flexibility index (Phi) is 7.14. The smallest absolute Gasteiger partial charge is 0.234 e. The van der Waals surface area contributed by atoms with Gasteiger partial charge in [-0.05, 0) is 55.0 Å². The van der Waals surface area contributed by atoms with Crippen LogP contribution in [0.25, 0.3) is 11.4 Å². The van der Waals surface area contributed by atoms with E-state index in [0.717, 1.165) is 35.3 Å². The summed E-state index contributed by atoms with van der Waals surface area (Å²) in [4.78, 5) is 16.5. The standard InChI is InChI=1S/C24H23N5O2S/c1-2-16-29-23(18-12-14-25-15-13-18)27-28-24(29)32-17-22(30)26-19-8-10-21(11-9-19)31-20-6-4-3-5-7-20/h3-15H,2,16-17H2,1H3,(H,26,30). The lowest BCUT2D eigenvalue weighted by atomic mass is 10.2. The van der Waals surface area contributed by atoms with E-state index in [-0.39, 0.29) is 11.7 Å². The van der Waals surface area contributed by atoms with E-state index >= 15 is 0 Å². The molecule has 2 aromatic heterocycles. The third-order valence-corrected chi connectivity index (χ3v) is 5.52. The van der Waals surface area contributed by atoms with Crippen molar-refractivity contribution in [2.24, 2.45) is 0 Å². The van der Waals surface area contributed by atoms with Crippen molar-refractivity contribution >= 4 is 23.4 Å². The lowest BCUT2D eigenvalue weighted by molar-refractivity contribution is -0.113. The first-order valence-corrected chi connectivity index (χ1v) is 11.3. The molecule has 162 valence electrons. The fraction of sp³-hybridized carbons (Fsp3) is 0.167. The first-order chi connectivity index (χ1) is 15.7. The number of ether oxygens (including phenoxy) is 1. The number of anilines is 1. The molecule has 1 amide bonds. The fourth-order valence-corrected chi connectivity index (χ4v) is 3.86. The maximum Gasteiger partial charge on any atom is 0.234 e. The van der Waals surface area contributed by atoms with Crippen LogP contribution in [0.4, 0.5) is 5.69 Å². The third-order valence-electron chi connectivity index (χ3n) is 4.55. The van der Waals surface area contributed by atoms with Gasteiger partial charge in [0.15, 0.2) is 11.0 Å². The molecular formula is C24H23N5O2S. The molecule has 0 saturated heterocycles. The molecule has 32 heavy (non-hydrogen) atoms. The summed E-state index contributed by atoms with van der Waals surface area (Å²) in [7, 11) is 0. The van der Waals surface area contributed by atoms with Crippen LogP contribution < -0.4 is 10.1 Å². The Labute approximate surface area is 190 Å². The maximum absolute atomic E-state index is 12.5. The summed E-state index contributed by atoms with van der Waals surface area (Å²) in [6.45, 7) is 2.88. The monoisotopic (exact) mass is 445 g/mol. The van der Waals surface area contributed by atoms with Gasteiger partial charge in [0, 0.05) is 30.2 Å². The van der Waals surface area contributed by atoms with Crippen LogP contribution in [-0.4, -0.2) is 31.4 Å². The lowest BCUT2D eigenvalue weighted by Crippen LogP contribution is -2.14. The zero-order chi connectivity index (χ0) is 22.2. The van der Waals surface area contributed by atoms with Crippen molar-refractivity contribution in [2.75, 3.05) is 11.1 Å². The number of amides is 1. The van der Waals surface area contributed by atoms with Crippen LogP contribution in [0, 0.1) is 0 Å². The van der Waals surface area contributed by atoms with Crippen LogP contribution in [0.15, 0.2) is 84.3 Å². The summed E-state index contributed by atoms with van der Waals surface area (Å²) in [5, 5.41) is 12.3. The van der Waals surface area contributed by atoms with E-state index in [2.05, 4.69) is 27.4 Å². The summed E-state index contributed by atoms with van der Waals surface area (Å²) in [5.41, 5.74) is 1.67. The number of thioether (sulfide) groups is 1. The molecule has 8 heteroatoms. The average Bonchev–Trinajstić information content (AvgIpc) is 3.23.